The summed E-state index contributed by atoms with van der Waals surface area (Å²) < 4.78 is 5.68. The van der Waals surface area contributed by atoms with Crippen LogP contribution in [-0.4, -0.2) is 31.4 Å². The van der Waals surface area contributed by atoms with Crippen molar-refractivity contribution in [1.29, 1.82) is 0 Å². The van der Waals surface area contributed by atoms with Gasteiger partial charge < -0.3 is 15.0 Å². The summed E-state index contributed by atoms with van der Waals surface area (Å²) in [7, 11) is 1.29. The summed E-state index contributed by atoms with van der Waals surface area (Å²) in [4.78, 5) is 38.6. The van der Waals surface area contributed by atoms with Gasteiger partial charge in [0.25, 0.3) is 0 Å². The van der Waals surface area contributed by atoms with Crippen LogP contribution in [0.4, 0.5) is 11.4 Å². The number of methoxy groups -OCH3 is 1. The van der Waals surface area contributed by atoms with Crippen LogP contribution in [0.3, 0.4) is 0 Å². The third-order valence-corrected chi connectivity index (χ3v) is 6.03. The van der Waals surface area contributed by atoms with Gasteiger partial charge in [0.2, 0.25) is 11.8 Å². The molecule has 2 aromatic rings. The normalized spacial score (nSPS) is 16.7. The number of aryl methyl sites for hydroxylation is 1. The number of nitrogens with zero attached hydrogens (tertiary/aromatic N) is 1. The van der Waals surface area contributed by atoms with Crippen LogP contribution < -0.4 is 10.2 Å². The van der Waals surface area contributed by atoms with Crippen molar-refractivity contribution >= 4 is 56.4 Å². The van der Waals surface area contributed by atoms with E-state index < -0.39 is 11.9 Å². The SMILES string of the molecule is COC(=O)c1sccc1NC(=O)C1CC(=O)N(c2ccc(Br)c(C)c2)C1. The molecule has 2 heterocycles. The fourth-order valence-electron chi connectivity index (χ4n) is 2.82. The van der Waals surface area contributed by atoms with E-state index in [4.69, 9.17) is 4.74 Å². The number of amides is 2. The Kier molecular flexibility index (Phi) is 5.43. The highest BCUT2D eigenvalue weighted by atomic mass is 79.9. The van der Waals surface area contributed by atoms with Gasteiger partial charge in [-0.3, -0.25) is 9.59 Å². The van der Waals surface area contributed by atoms with E-state index in [1.807, 2.05) is 25.1 Å². The Bertz CT molecular complexity index is 880. The van der Waals surface area contributed by atoms with Crippen molar-refractivity contribution in [1.82, 2.24) is 0 Å². The quantitative estimate of drug-likeness (QED) is 0.742. The minimum absolute atomic E-state index is 0.0922. The second-order valence-corrected chi connectivity index (χ2v) is 7.75. The van der Waals surface area contributed by atoms with Gasteiger partial charge in [0, 0.05) is 23.1 Å². The van der Waals surface area contributed by atoms with Crippen LogP contribution in [0.2, 0.25) is 0 Å². The number of carbonyl (C=O) groups excluding carboxylic acids is 3. The summed E-state index contributed by atoms with van der Waals surface area (Å²) in [5.41, 5.74) is 2.21. The van der Waals surface area contributed by atoms with Crippen LogP contribution >= 0.6 is 27.3 Å². The van der Waals surface area contributed by atoms with Crippen LogP contribution in [-0.2, 0) is 14.3 Å². The third kappa shape index (κ3) is 3.66. The number of halogens is 1. The Balaban J connectivity index is 1.72. The first kappa shape index (κ1) is 18.6. The van der Waals surface area contributed by atoms with Crippen LogP contribution in [0.5, 0.6) is 0 Å². The fraction of sp³-hybridized carbons (Fsp3) is 0.278. The van der Waals surface area contributed by atoms with E-state index in [-0.39, 0.29) is 18.2 Å². The van der Waals surface area contributed by atoms with E-state index in [0.717, 1.165) is 15.7 Å². The molecule has 0 spiro atoms. The summed E-state index contributed by atoms with van der Waals surface area (Å²) in [6.07, 6.45) is 0.138. The van der Waals surface area contributed by atoms with Crippen molar-refractivity contribution in [2.75, 3.05) is 23.9 Å². The second kappa shape index (κ2) is 7.59. The molecule has 0 aliphatic carbocycles. The van der Waals surface area contributed by atoms with Gasteiger partial charge in [-0.2, -0.15) is 0 Å². The Labute approximate surface area is 163 Å². The van der Waals surface area contributed by atoms with Crippen molar-refractivity contribution in [3.05, 3.63) is 44.6 Å². The number of anilines is 2. The maximum absolute atomic E-state index is 12.6. The van der Waals surface area contributed by atoms with Crippen LogP contribution in [0.15, 0.2) is 34.1 Å². The van der Waals surface area contributed by atoms with Gasteiger partial charge in [-0.05, 0) is 42.1 Å². The van der Waals surface area contributed by atoms with Crippen molar-refractivity contribution in [2.45, 2.75) is 13.3 Å². The predicted molar refractivity (Wildman–Crippen MR) is 104 cm³/mol. The lowest BCUT2D eigenvalue weighted by Gasteiger charge is -2.17. The van der Waals surface area contributed by atoms with Crippen LogP contribution in [0.1, 0.15) is 21.7 Å². The molecule has 1 atom stereocenters. The maximum Gasteiger partial charge on any atom is 0.350 e. The van der Waals surface area contributed by atoms with Crippen molar-refractivity contribution < 1.29 is 19.1 Å². The highest BCUT2D eigenvalue weighted by Crippen LogP contribution is 2.30. The summed E-state index contributed by atoms with van der Waals surface area (Å²) in [6, 6.07) is 7.31. The molecule has 1 aliphatic heterocycles. The van der Waals surface area contributed by atoms with Gasteiger partial charge in [0.15, 0.2) is 0 Å². The van der Waals surface area contributed by atoms with E-state index in [9.17, 15) is 14.4 Å². The first-order chi connectivity index (χ1) is 12.4. The predicted octanol–water partition coefficient (Wildman–Crippen LogP) is 3.60. The summed E-state index contributed by atoms with van der Waals surface area (Å²) in [5, 5.41) is 4.45. The Hall–Kier alpha value is -2.19. The Morgan fingerprint density at radius 1 is 1.35 bits per heavy atom. The topological polar surface area (TPSA) is 75.7 Å². The maximum atomic E-state index is 12.6. The molecule has 1 aromatic carbocycles. The molecule has 0 bridgehead atoms. The molecule has 3 rings (SSSR count). The van der Waals surface area contributed by atoms with Gasteiger partial charge in [0.1, 0.15) is 4.88 Å². The lowest BCUT2D eigenvalue weighted by molar-refractivity contribution is -0.122. The number of esters is 1. The average Bonchev–Trinajstić information content (AvgIpc) is 3.23. The minimum atomic E-state index is -0.496. The molecule has 0 radical (unpaired) electrons. The minimum Gasteiger partial charge on any atom is -0.465 e. The van der Waals surface area contributed by atoms with Gasteiger partial charge in [0.05, 0.1) is 18.7 Å². The standard InChI is InChI=1S/C18H17BrN2O4S/c1-10-7-12(3-4-13(10)19)21-9-11(8-15(21)22)17(23)20-14-5-6-26-16(14)18(24)25-2/h3-7,11H,8-9H2,1-2H3,(H,20,23). The zero-order chi connectivity index (χ0) is 18.8. The first-order valence-electron chi connectivity index (χ1n) is 7.94. The Morgan fingerprint density at radius 2 is 2.12 bits per heavy atom. The van der Waals surface area contributed by atoms with Crippen molar-refractivity contribution in [2.24, 2.45) is 5.92 Å². The molecule has 6 nitrogen and oxygen atoms in total. The molecule has 8 heteroatoms. The van der Waals surface area contributed by atoms with Gasteiger partial charge >= 0.3 is 5.97 Å². The molecule has 26 heavy (non-hydrogen) atoms. The first-order valence-corrected chi connectivity index (χ1v) is 9.61. The van der Waals surface area contributed by atoms with E-state index in [0.29, 0.717) is 17.1 Å². The highest BCUT2D eigenvalue weighted by molar-refractivity contribution is 9.10. The lowest BCUT2D eigenvalue weighted by Crippen LogP contribution is -2.28. The number of rotatable bonds is 4. The Morgan fingerprint density at radius 3 is 2.81 bits per heavy atom. The molecule has 1 saturated heterocycles. The fourth-order valence-corrected chi connectivity index (χ4v) is 3.84. The third-order valence-electron chi connectivity index (χ3n) is 4.24. The molecule has 1 fully saturated rings. The highest BCUT2D eigenvalue weighted by Gasteiger charge is 2.35. The van der Waals surface area contributed by atoms with Gasteiger partial charge in [-0.15, -0.1) is 11.3 Å². The smallest absolute Gasteiger partial charge is 0.350 e. The molecule has 1 aromatic heterocycles. The monoisotopic (exact) mass is 436 g/mol. The number of benzene rings is 1. The number of hydrogen-bond donors (Lipinski definition) is 1. The molecular weight excluding hydrogens is 420 g/mol. The molecule has 1 N–H and O–H groups in total. The number of ether oxygens (including phenoxy) is 1. The zero-order valence-corrected chi connectivity index (χ0v) is 16.6. The molecule has 1 unspecified atom stereocenters. The van der Waals surface area contributed by atoms with E-state index >= 15 is 0 Å². The molecule has 136 valence electrons. The molecule has 1 aliphatic rings. The second-order valence-electron chi connectivity index (χ2n) is 5.98. The lowest BCUT2D eigenvalue weighted by atomic mass is 10.1. The summed E-state index contributed by atoms with van der Waals surface area (Å²) >= 11 is 4.64. The number of hydrogen-bond acceptors (Lipinski definition) is 5. The zero-order valence-electron chi connectivity index (χ0n) is 14.2. The molecule has 2 amide bonds. The number of thiophene rings is 1. The van der Waals surface area contributed by atoms with Gasteiger partial charge in [-0.25, -0.2) is 4.79 Å². The van der Waals surface area contributed by atoms with E-state index in [1.165, 1.54) is 18.4 Å². The van der Waals surface area contributed by atoms with Gasteiger partial charge in [-0.1, -0.05) is 15.9 Å². The van der Waals surface area contributed by atoms with Crippen LogP contribution in [0, 0.1) is 12.8 Å². The van der Waals surface area contributed by atoms with E-state index in [2.05, 4.69) is 21.2 Å². The average molecular weight is 437 g/mol. The summed E-state index contributed by atoms with van der Waals surface area (Å²) in [5.74, 6) is -1.34. The van der Waals surface area contributed by atoms with E-state index in [1.54, 1.807) is 16.3 Å². The van der Waals surface area contributed by atoms with Crippen molar-refractivity contribution in [3.8, 4) is 0 Å². The molecular formula is C18H17BrN2O4S. The number of carbonyl (C=O) groups is 3. The summed E-state index contributed by atoms with van der Waals surface area (Å²) in [6.45, 7) is 2.26. The number of nitrogens with one attached hydrogen (secondary N) is 1. The largest absolute Gasteiger partial charge is 0.465 e. The van der Waals surface area contributed by atoms with Crippen LogP contribution in [0.25, 0.3) is 0 Å². The molecule has 0 saturated carbocycles. The van der Waals surface area contributed by atoms with Crippen molar-refractivity contribution in [3.63, 3.8) is 0 Å².